The van der Waals surface area contributed by atoms with Crippen LogP contribution in [0.5, 0.6) is 5.75 Å². The van der Waals surface area contributed by atoms with E-state index in [0.717, 1.165) is 11.3 Å². The minimum absolute atomic E-state index is 0.0254. The minimum atomic E-state index is -0.599. The lowest BCUT2D eigenvalue weighted by Gasteiger charge is -2.11. The van der Waals surface area contributed by atoms with E-state index >= 15 is 0 Å². The summed E-state index contributed by atoms with van der Waals surface area (Å²) in [6.45, 7) is 0. The average Bonchev–Trinajstić information content (AvgIpc) is 3.19. The third-order valence-electron chi connectivity index (χ3n) is 4.69. The van der Waals surface area contributed by atoms with Crippen LogP contribution in [0.25, 0.3) is 5.69 Å². The number of methoxy groups -OCH3 is 1. The normalized spacial score (nSPS) is 10.8. The van der Waals surface area contributed by atoms with Gasteiger partial charge in [-0.15, -0.1) is 10.2 Å². The monoisotopic (exact) mass is 466 g/mol. The first-order valence-electron chi connectivity index (χ1n) is 9.70. The van der Waals surface area contributed by atoms with Crippen molar-refractivity contribution in [1.82, 2.24) is 24.7 Å². The fourth-order valence-electron chi connectivity index (χ4n) is 3.16. The largest absolute Gasteiger partial charge is 0.497 e. The molecule has 11 nitrogen and oxygen atoms in total. The number of hydrogen-bond acceptors (Lipinski definition) is 8. The molecule has 33 heavy (non-hydrogen) atoms. The van der Waals surface area contributed by atoms with Gasteiger partial charge in [0.15, 0.2) is 5.16 Å². The van der Waals surface area contributed by atoms with Crippen molar-refractivity contribution in [3.63, 3.8) is 0 Å². The van der Waals surface area contributed by atoms with Crippen molar-refractivity contribution in [2.45, 2.75) is 17.3 Å². The van der Waals surface area contributed by atoms with E-state index < -0.39 is 16.2 Å². The number of H-pyrrole nitrogens is 2. The van der Waals surface area contributed by atoms with Gasteiger partial charge in [-0.05, 0) is 17.7 Å². The summed E-state index contributed by atoms with van der Waals surface area (Å²) >= 11 is 1.40. The van der Waals surface area contributed by atoms with Gasteiger partial charge in [-0.1, -0.05) is 30.0 Å². The van der Waals surface area contributed by atoms with Gasteiger partial charge in [-0.3, -0.25) is 24.5 Å². The van der Waals surface area contributed by atoms with Gasteiger partial charge in [0.2, 0.25) is 0 Å². The highest BCUT2D eigenvalue weighted by Crippen LogP contribution is 2.28. The van der Waals surface area contributed by atoms with Gasteiger partial charge < -0.3 is 9.72 Å². The number of nitrogens with one attached hydrogen (secondary N) is 2. The molecule has 0 aliphatic heterocycles. The predicted molar refractivity (Wildman–Crippen MR) is 121 cm³/mol. The third-order valence-corrected chi connectivity index (χ3v) is 5.69. The first-order chi connectivity index (χ1) is 15.9. The number of nitrogens with zero attached hydrogens (tertiary/aromatic N) is 4. The van der Waals surface area contributed by atoms with Crippen molar-refractivity contribution in [3.05, 3.63) is 103 Å². The van der Waals surface area contributed by atoms with Crippen LogP contribution in [-0.4, -0.2) is 36.8 Å². The second kappa shape index (κ2) is 9.53. The smallest absolute Gasteiger partial charge is 0.325 e. The van der Waals surface area contributed by atoms with Crippen molar-refractivity contribution in [2.24, 2.45) is 0 Å². The highest BCUT2D eigenvalue weighted by molar-refractivity contribution is 7.98. The summed E-state index contributed by atoms with van der Waals surface area (Å²) in [5.41, 5.74) is 0.940. The molecule has 0 aliphatic rings. The predicted octanol–water partition coefficient (Wildman–Crippen LogP) is 2.44. The van der Waals surface area contributed by atoms with E-state index in [1.165, 1.54) is 30.0 Å². The van der Waals surface area contributed by atoms with E-state index in [1.807, 2.05) is 28.8 Å². The maximum atomic E-state index is 11.7. The van der Waals surface area contributed by atoms with Gasteiger partial charge in [0.25, 0.3) is 11.2 Å². The molecular formula is C21H18N6O5S. The van der Waals surface area contributed by atoms with Crippen molar-refractivity contribution < 1.29 is 9.66 Å². The fourth-order valence-corrected chi connectivity index (χ4v) is 4.09. The molecule has 4 aromatic rings. The highest BCUT2D eigenvalue weighted by Gasteiger charge is 2.17. The van der Waals surface area contributed by atoms with Crippen LogP contribution in [0.4, 0.5) is 5.69 Å². The summed E-state index contributed by atoms with van der Waals surface area (Å²) in [5, 5.41) is 20.0. The summed E-state index contributed by atoms with van der Waals surface area (Å²) in [6, 6.07) is 14.9. The zero-order valence-corrected chi connectivity index (χ0v) is 18.2. The van der Waals surface area contributed by atoms with Crippen LogP contribution in [0.2, 0.25) is 0 Å². The fraction of sp³-hybridized carbons (Fsp3) is 0.143. The Morgan fingerprint density at radius 1 is 1.09 bits per heavy atom. The zero-order chi connectivity index (χ0) is 23.4. The molecule has 0 saturated carbocycles. The second-order valence-electron chi connectivity index (χ2n) is 6.94. The van der Waals surface area contributed by atoms with E-state index in [0.29, 0.717) is 28.2 Å². The Labute approximate surface area is 190 Å². The van der Waals surface area contributed by atoms with Crippen LogP contribution in [0.3, 0.4) is 0 Å². The molecular weight excluding hydrogens is 448 g/mol. The van der Waals surface area contributed by atoms with Gasteiger partial charge >= 0.3 is 5.69 Å². The third kappa shape index (κ3) is 5.18. The van der Waals surface area contributed by atoms with Crippen LogP contribution < -0.4 is 16.0 Å². The Morgan fingerprint density at radius 2 is 1.88 bits per heavy atom. The van der Waals surface area contributed by atoms with Crippen molar-refractivity contribution in [2.75, 3.05) is 7.11 Å². The molecule has 0 spiro atoms. The second-order valence-corrected chi connectivity index (χ2v) is 7.88. The van der Waals surface area contributed by atoms with E-state index in [9.17, 15) is 19.7 Å². The number of hydrogen-bond donors (Lipinski definition) is 2. The molecule has 0 radical (unpaired) electrons. The number of rotatable bonds is 8. The quantitative estimate of drug-likeness (QED) is 0.228. The zero-order valence-electron chi connectivity index (χ0n) is 17.3. The van der Waals surface area contributed by atoms with Crippen LogP contribution in [0.15, 0.2) is 69.3 Å². The molecule has 0 bridgehead atoms. The summed E-state index contributed by atoms with van der Waals surface area (Å²) in [6.07, 6.45) is 0.168. The number of nitro groups is 1. The summed E-state index contributed by atoms with van der Waals surface area (Å²) in [5.74, 6) is 1.65. The first kappa shape index (κ1) is 22.0. The number of thioether (sulfide) groups is 1. The molecule has 2 N–H and O–H groups in total. The van der Waals surface area contributed by atoms with Crippen LogP contribution in [0.1, 0.15) is 17.1 Å². The molecule has 4 rings (SSSR count). The van der Waals surface area contributed by atoms with Gasteiger partial charge in [-0.25, -0.2) is 4.79 Å². The minimum Gasteiger partial charge on any atom is -0.497 e. The number of benzene rings is 2. The molecule has 0 amide bonds. The first-order valence-corrected chi connectivity index (χ1v) is 10.7. The summed E-state index contributed by atoms with van der Waals surface area (Å²) in [4.78, 5) is 38.5. The molecule has 0 fully saturated rings. The van der Waals surface area contributed by atoms with Crippen molar-refractivity contribution in [3.8, 4) is 11.4 Å². The average molecular weight is 466 g/mol. The highest BCUT2D eigenvalue weighted by atomic mass is 32.2. The Bertz CT molecular complexity index is 1380. The Balaban J connectivity index is 1.68. The maximum absolute atomic E-state index is 11.7. The standard InChI is InChI=1S/C21H18N6O5S/c1-32-17-4-2-3-16(11-17)26-18(9-14-10-19(28)23-20(29)22-14)24-25-21(26)33-12-13-5-7-15(8-6-13)27(30)31/h2-8,10-11H,9,12H2,1H3,(H2,22,23,28,29). The number of non-ortho nitro benzene ring substituents is 1. The van der Waals surface area contributed by atoms with E-state index in [1.54, 1.807) is 19.2 Å². The Kier molecular flexibility index (Phi) is 6.36. The van der Waals surface area contributed by atoms with Crippen molar-refractivity contribution >= 4 is 17.4 Å². The number of ether oxygens (including phenoxy) is 1. The summed E-state index contributed by atoms with van der Waals surface area (Å²) < 4.78 is 7.15. The van der Waals surface area contributed by atoms with E-state index in [2.05, 4.69) is 20.2 Å². The van der Waals surface area contributed by atoms with E-state index in [4.69, 9.17) is 4.74 Å². The maximum Gasteiger partial charge on any atom is 0.325 e. The van der Waals surface area contributed by atoms with Gasteiger partial charge in [0.1, 0.15) is 11.6 Å². The van der Waals surface area contributed by atoms with Crippen LogP contribution in [0, 0.1) is 10.1 Å². The molecule has 12 heteroatoms. The molecule has 2 aromatic carbocycles. The Morgan fingerprint density at radius 3 is 2.58 bits per heavy atom. The topological polar surface area (TPSA) is 149 Å². The molecule has 2 heterocycles. The van der Waals surface area contributed by atoms with Gasteiger partial charge in [0, 0.05) is 42.1 Å². The van der Waals surface area contributed by atoms with Crippen LogP contribution in [-0.2, 0) is 12.2 Å². The molecule has 0 aliphatic carbocycles. The molecule has 2 aromatic heterocycles. The molecule has 0 saturated heterocycles. The summed E-state index contributed by atoms with van der Waals surface area (Å²) in [7, 11) is 1.57. The lowest BCUT2D eigenvalue weighted by Crippen LogP contribution is -2.23. The lowest BCUT2D eigenvalue weighted by molar-refractivity contribution is -0.384. The SMILES string of the molecule is COc1cccc(-n2c(Cc3cc(=O)[nH]c(=O)[nH]3)nnc2SCc2ccc([N+](=O)[O-])cc2)c1. The Hall–Kier alpha value is -4.19. The van der Waals surface area contributed by atoms with Crippen molar-refractivity contribution in [1.29, 1.82) is 0 Å². The van der Waals surface area contributed by atoms with Crippen LogP contribution >= 0.6 is 11.8 Å². The van der Waals surface area contributed by atoms with Gasteiger partial charge in [0.05, 0.1) is 17.7 Å². The lowest BCUT2D eigenvalue weighted by atomic mass is 10.2. The molecule has 0 atom stereocenters. The number of aromatic nitrogens is 5. The molecule has 0 unspecified atom stereocenters. The van der Waals surface area contributed by atoms with Gasteiger partial charge in [-0.2, -0.15) is 0 Å². The number of aromatic amines is 2. The van der Waals surface area contributed by atoms with E-state index in [-0.39, 0.29) is 12.1 Å². The number of nitro benzene ring substituents is 1. The molecule has 168 valence electrons.